The molecule has 2 atom stereocenters. The molecule has 0 aliphatic heterocycles. The number of hydrogen-bond donors (Lipinski definition) is 4. The van der Waals surface area contributed by atoms with Crippen LogP contribution in [0.2, 0.25) is 0 Å². The van der Waals surface area contributed by atoms with Crippen molar-refractivity contribution in [3.05, 3.63) is 0 Å². The largest absolute Gasteiger partial charge is 0.481 e. The zero-order chi connectivity index (χ0) is 31.6. The second kappa shape index (κ2) is 25.4. The molecule has 0 aliphatic carbocycles. The summed E-state index contributed by atoms with van der Waals surface area (Å²) in [6.07, 6.45) is 22.6. The molecule has 0 saturated heterocycles. The molecule has 0 bridgehead atoms. The number of carboxylic acids is 4. The molecule has 0 heterocycles. The fourth-order valence-electron chi connectivity index (χ4n) is 6.32. The van der Waals surface area contributed by atoms with Gasteiger partial charge in [-0.3, -0.25) is 19.2 Å². The van der Waals surface area contributed by atoms with Crippen LogP contribution in [0.1, 0.15) is 174 Å². The Morgan fingerprint density at radius 1 is 0.476 bits per heavy atom. The van der Waals surface area contributed by atoms with Crippen molar-refractivity contribution in [2.45, 2.75) is 174 Å². The highest BCUT2D eigenvalue weighted by Gasteiger charge is 2.54. The molecule has 42 heavy (non-hydrogen) atoms. The predicted molar refractivity (Wildman–Crippen MR) is 167 cm³/mol. The Bertz CT molecular complexity index is 709. The van der Waals surface area contributed by atoms with Crippen LogP contribution in [0.15, 0.2) is 0 Å². The van der Waals surface area contributed by atoms with Crippen LogP contribution in [0.25, 0.3) is 0 Å². The molecule has 0 rings (SSSR count). The van der Waals surface area contributed by atoms with Gasteiger partial charge in [-0.05, 0) is 12.8 Å². The average molecular weight is 599 g/mol. The van der Waals surface area contributed by atoms with Crippen LogP contribution in [0, 0.1) is 17.3 Å². The maximum atomic E-state index is 12.8. The lowest BCUT2D eigenvalue weighted by atomic mass is 9.63. The van der Waals surface area contributed by atoms with Crippen LogP contribution in [-0.2, 0) is 19.2 Å². The zero-order valence-electron chi connectivity index (χ0n) is 26.8. The highest BCUT2D eigenvalue weighted by molar-refractivity contribution is 5.89. The maximum Gasteiger partial charge on any atom is 0.310 e. The average Bonchev–Trinajstić information content (AvgIpc) is 2.93. The minimum absolute atomic E-state index is 0.0392. The fraction of sp³-hybridized carbons (Fsp3) is 0.882. The molecule has 0 amide bonds. The van der Waals surface area contributed by atoms with Crippen molar-refractivity contribution in [2.75, 3.05) is 0 Å². The Morgan fingerprint density at radius 3 is 1.02 bits per heavy atom. The minimum atomic E-state index is -1.82. The van der Waals surface area contributed by atoms with Gasteiger partial charge in [0.15, 0.2) is 0 Å². The van der Waals surface area contributed by atoms with E-state index in [4.69, 9.17) is 0 Å². The molecular weight excluding hydrogens is 536 g/mol. The van der Waals surface area contributed by atoms with Crippen LogP contribution < -0.4 is 0 Å². The zero-order valence-corrected chi connectivity index (χ0v) is 26.8. The van der Waals surface area contributed by atoms with Crippen molar-refractivity contribution in [1.82, 2.24) is 0 Å². The molecule has 0 saturated carbocycles. The highest BCUT2D eigenvalue weighted by Crippen LogP contribution is 2.45. The summed E-state index contributed by atoms with van der Waals surface area (Å²) in [7, 11) is 0. The van der Waals surface area contributed by atoms with E-state index in [-0.39, 0.29) is 12.8 Å². The highest BCUT2D eigenvalue weighted by atomic mass is 16.4. The van der Waals surface area contributed by atoms with Gasteiger partial charge >= 0.3 is 23.9 Å². The lowest BCUT2D eigenvalue weighted by Gasteiger charge is -2.38. The standard InChI is InChI=1S/C34H62O8/c1-3-5-7-9-11-13-15-17-19-21-23-25-34(33(41)42,30(32(39)40)28(31(37)38)27-29(35)36)26-24-22-20-18-16-14-12-10-8-6-4-2/h28,30H,3-27H2,1-2H3,(H,35,36)(H,37,38)(H,39,40)(H,41,42). The number of carbonyl (C=O) groups is 4. The fourth-order valence-corrected chi connectivity index (χ4v) is 6.32. The van der Waals surface area contributed by atoms with E-state index < -0.39 is 47.5 Å². The smallest absolute Gasteiger partial charge is 0.310 e. The van der Waals surface area contributed by atoms with E-state index in [0.717, 1.165) is 51.4 Å². The Kier molecular flexibility index (Phi) is 24.1. The Labute approximate surface area is 255 Å². The maximum absolute atomic E-state index is 12.8. The number of unbranched alkanes of at least 4 members (excludes halogenated alkanes) is 20. The molecule has 0 aliphatic rings. The Hall–Kier alpha value is -2.12. The van der Waals surface area contributed by atoms with Gasteiger partial charge in [0.05, 0.1) is 23.7 Å². The van der Waals surface area contributed by atoms with E-state index in [9.17, 15) is 39.6 Å². The first-order valence-electron chi connectivity index (χ1n) is 17.0. The van der Waals surface area contributed by atoms with E-state index in [0.29, 0.717) is 12.8 Å². The topological polar surface area (TPSA) is 149 Å². The molecule has 0 fully saturated rings. The lowest BCUT2D eigenvalue weighted by molar-refractivity contribution is -0.174. The third-order valence-corrected chi connectivity index (χ3v) is 8.85. The van der Waals surface area contributed by atoms with Gasteiger partial charge in [0.25, 0.3) is 0 Å². The Balaban J connectivity index is 5.20. The summed E-state index contributed by atoms with van der Waals surface area (Å²) < 4.78 is 0. The summed E-state index contributed by atoms with van der Waals surface area (Å²) >= 11 is 0. The van der Waals surface area contributed by atoms with E-state index in [1.54, 1.807) is 0 Å². The lowest BCUT2D eigenvalue weighted by Crippen LogP contribution is -2.49. The van der Waals surface area contributed by atoms with Crippen molar-refractivity contribution in [3.8, 4) is 0 Å². The normalized spacial score (nSPS) is 13.1. The van der Waals surface area contributed by atoms with Crippen molar-refractivity contribution < 1.29 is 39.6 Å². The molecule has 0 aromatic rings. The first kappa shape index (κ1) is 39.9. The van der Waals surface area contributed by atoms with Crippen LogP contribution in [-0.4, -0.2) is 44.3 Å². The molecule has 2 unspecified atom stereocenters. The molecule has 8 nitrogen and oxygen atoms in total. The molecule has 0 aromatic carbocycles. The molecular formula is C34H62O8. The summed E-state index contributed by atoms with van der Waals surface area (Å²) in [5.74, 6) is -9.51. The van der Waals surface area contributed by atoms with Crippen molar-refractivity contribution in [2.24, 2.45) is 17.3 Å². The first-order valence-corrected chi connectivity index (χ1v) is 17.0. The quantitative estimate of drug-likeness (QED) is 0.0577. The number of carboxylic acid groups (broad SMARTS) is 4. The molecule has 246 valence electrons. The third kappa shape index (κ3) is 17.7. The van der Waals surface area contributed by atoms with Gasteiger partial charge in [-0.15, -0.1) is 0 Å². The minimum Gasteiger partial charge on any atom is -0.481 e. The number of hydrogen-bond acceptors (Lipinski definition) is 4. The summed E-state index contributed by atoms with van der Waals surface area (Å²) in [5, 5.41) is 39.7. The van der Waals surface area contributed by atoms with Gasteiger partial charge in [-0.1, -0.05) is 155 Å². The van der Waals surface area contributed by atoms with Gasteiger partial charge in [-0.2, -0.15) is 0 Å². The van der Waals surface area contributed by atoms with Gasteiger partial charge < -0.3 is 20.4 Å². The van der Waals surface area contributed by atoms with Gasteiger partial charge in [-0.25, -0.2) is 0 Å². The summed E-state index contributed by atoms with van der Waals surface area (Å²) in [6, 6.07) is 0. The number of rotatable bonds is 31. The summed E-state index contributed by atoms with van der Waals surface area (Å²) in [5.41, 5.74) is -1.82. The van der Waals surface area contributed by atoms with Crippen LogP contribution >= 0.6 is 0 Å². The second-order valence-corrected chi connectivity index (χ2v) is 12.4. The molecule has 0 aromatic heterocycles. The van der Waals surface area contributed by atoms with Crippen LogP contribution in [0.5, 0.6) is 0 Å². The van der Waals surface area contributed by atoms with Gasteiger partial charge in [0, 0.05) is 0 Å². The second-order valence-electron chi connectivity index (χ2n) is 12.4. The van der Waals surface area contributed by atoms with Crippen LogP contribution in [0.3, 0.4) is 0 Å². The summed E-state index contributed by atoms with van der Waals surface area (Å²) in [6.45, 7) is 4.40. The van der Waals surface area contributed by atoms with Crippen molar-refractivity contribution >= 4 is 23.9 Å². The van der Waals surface area contributed by atoms with Crippen molar-refractivity contribution in [3.63, 3.8) is 0 Å². The van der Waals surface area contributed by atoms with E-state index in [1.807, 2.05) is 0 Å². The first-order chi connectivity index (χ1) is 20.1. The van der Waals surface area contributed by atoms with E-state index >= 15 is 0 Å². The molecule has 0 radical (unpaired) electrons. The van der Waals surface area contributed by atoms with Gasteiger partial charge in [0.1, 0.15) is 0 Å². The summed E-state index contributed by atoms with van der Waals surface area (Å²) in [4.78, 5) is 48.8. The van der Waals surface area contributed by atoms with Gasteiger partial charge in [0.2, 0.25) is 0 Å². The molecule has 0 spiro atoms. The SMILES string of the molecule is CCCCCCCCCCCCCC(CCCCCCCCCCCCC)(C(=O)O)C(C(=O)O)C(CC(=O)O)C(=O)O. The molecule has 8 heteroatoms. The van der Waals surface area contributed by atoms with Crippen molar-refractivity contribution in [1.29, 1.82) is 0 Å². The van der Waals surface area contributed by atoms with Crippen LogP contribution in [0.4, 0.5) is 0 Å². The van der Waals surface area contributed by atoms with E-state index in [2.05, 4.69) is 13.8 Å². The third-order valence-electron chi connectivity index (χ3n) is 8.85. The predicted octanol–water partition coefficient (Wildman–Crippen LogP) is 9.34. The Morgan fingerprint density at radius 2 is 0.786 bits per heavy atom. The monoisotopic (exact) mass is 598 g/mol. The van der Waals surface area contributed by atoms with E-state index in [1.165, 1.54) is 77.0 Å². The molecule has 4 N–H and O–H groups in total. The number of aliphatic carboxylic acids is 4.